The van der Waals surface area contributed by atoms with E-state index in [9.17, 15) is 0 Å². The Labute approximate surface area is 199 Å². The Balaban J connectivity index is 2.07. The molecule has 0 aliphatic heterocycles. The van der Waals surface area contributed by atoms with Crippen molar-refractivity contribution in [3.63, 3.8) is 0 Å². The second-order valence-corrected chi connectivity index (χ2v) is 9.54. The third kappa shape index (κ3) is 4.24. The lowest BCUT2D eigenvalue weighted by Gasteiger charge is -2.22. The van der Waals surface area contributed by atoms with Crippen LogP contribution in [0.5, 0.6) is 5.75 Å². The van der Waals surface area contributed by atoms with Crippen LogP contribution in [0.1, 0.15) is 50.7 Å². The van der Waals surface area contributed by atoms with Crippen molar-refractivity contribution in [3.8, 4) is 34.1 Å². The molecule has 4 aromatic rings. The highest BCUT2D eigenvalue weighted by Crippen LogP contribution is 2.38. The van der Waals surface area contributed by atoms with Gasteiger partial charge in [-0.25, -0.2) is 4.98 Å². The minimum absolute atomic E-state index is 0.380. The van der Waals surface area contributed by atoms with Gasteiger partial charge in [0.05, 0.1) is 24.1 Å². The van der Waals surface area contributed by atoms with Gasteiger partial charge in [0, 0.05) is 16.2 Å². The van der Waals surface area contributed by atoms with Crippen molar-refractivity contribution in [1.82, 2.24) is 9.55 Å². The molecule has 0 atom stereocenters. The molecule has 0 aliphatic rings. The molecule has 32 heavy (non-hydrogen) atoms. The molecule has 0 unspecified atom stereocenters. The van der Waals surface area contributed by atoms with Gasteiger partial charge in [0.15, 0.2) is 0 Å². The first-order chi connectivity index (χ1) is 15.4. The minimum atomic E-state index is 0.380. The topological polar surface area (TPSA) is 27.1 Å². The maximum Gasteiger partial charge on any atom is 0.149 e. The van der Waals surface area contributed by atoms with Crippen LogP contribution in [0, 0.1) is 0 Å². The first-order valence-corrected chi connectivity index (χ1v) is 11.8. The summed E-state index contributed by atoms with van der Waals surface area (Å²) in [4.78, 5) is 5.14. The molecular formula is C28H29BrN2O. The van der Waals surface area contributed by atoms with Crippen LogP contribution in [0.2, 0.25) is 0 Å². The van der Waals surface area contributed by atoms with Gasteiger partial charge in [-0.3, -0.25) is 4.57 Å². The zero-order chi connectivity index (χ0) is 22.8. The number of ether oxygens (including phenoxy) is 1. The van der Waals surface area contributed by atoms with Gasteiger partial charge in [0.25, 0.3) is 0 Å². The molecule has 4 heteroatoms. The summed E-state index contributed by atoms with van der Waals surface area (Å²) < 4.78 is 9.02. The van der Waals surface area contributed by atoms with Gasteiger partial charge < -0.3 is 4.74 Å². The summed E-state index contributed by atoms with van der Waals surface area (Å²) in [5.74, 6) is 2.46. The normalized spacial score (nSPS) is 11.4. The zero-order valence-electron chi connectivity index (χ0n) is 19.3. The predicted molar refractivity (Wildman–Crippen MR) is 137 cm³/mol. The van der Waals surface area contributed by atoms with Crippen molar-refractivity contribution in [2.75, 3.05) is 7.11 Å². The Kier molecular flexibility index (Phi) is 6.52. The molecule has 0 saturated heterocycles. The van der Waals surface area contributed by atoms with E-state index in [1.165, 1.54) is 16.8 Å². The molecule has 0 N–H and O–H groups in total. The number of para-hydroxylation sites is 2. The first-order valence-electron chi connectivity index (χ1n) is 11.0. The Morgan fingerprint density at radius 2 is 1.50 bits per heavy atom. The lowest BCUT2D eigenvalue weighted by Crippen LogP contribution is -2.08. The minimum Gasteiger partial charge on any atom is -0.496 e. The van der Waals surface area contributed by atoms with E-state index in [1.54, 1.807) is 7.11 Å². The number of aromatic nitrogens is 2. The van der Waals surface area contributed by atoms with Crippen molar-refractivity contribution >= 4 is 15.9 Å². The molecule has 164 valence electrons. The second-order valence-electron chi connectivity index (χ2n) is 8.62. The van der Waals surface area contributed by atoms with Crippen molar-refractivity contribution in [2.24, 2.45) is 0 Å². The third-order valence-electron chi connectivity index (χ3n) is 5.76. The summed E-state index contributed by atoms with van der Waals surface area (Å²) in [5.41, 5.74) is 6.82. The maximum absolute atomic E-state index is 5.72. The zero-order valence-corrected chi connectivity index (χ0v) is 20.8. The molecule has 1 heterocycles. The molecule has 0 amide bonds. The van der Waals surface area contributed by atoms with Gasteiger partial charge in [-0.1, -0.05) is 86.1 Å². The van der Waals surface area contributed by atoms with Gasteiger partial charge >= 0.3 is 0 Å². The standard InChI is InChI=1S/C28H29BrN2O/c1-18(2)22-13-9-14-23(19(3)4)27(22)31-17-25(20-10-8-11-21(29)16-20)30-28(31)24-12-6-7-15-26(24)32-5/h6-19H,1-5H3. The first kappa shape index (κ1) is 22.3. The van der Waals surface area contributed by atoms with Crippen LogP contribution in [0.3, 0.4) is 0 Å². The number of hydrogen-bond donors (Lipinski definition) is 0. The largest absolute Gasteiger partial charge is 0.496 e. The average Bonchev–Trinajstić information content (AvgIpc) is 3.23. The lowest BCUT2D eigenvalue weighted by atomic mass is 9.92. The van der Waals surface area contributed by atoms with Crippen molar-refractivity contribution in [1.29, 1.82) is 0 Å². The Morgan fingerprint density at radius 3 is 2.12 bits per heavy atom. The van der Waals surface area contributed by atoms with Crippen molar-refractivity contribution in [3.05, 3.63) is 88.5 Å². The summed E-state index contributed by atoms with van der Waals surface area (Å²) in [5, 5.41) is 0. The maximum atomic E-state index is 5.72. The molecule has 0 saturated carbocycles. The second kappa shape index (κ2) is 9.33. The number of nitrogens with zero attached hydrogens (tertiary/aromatic N) is 2. The summed E-state index contributed by atoms with van der Waals surface area (Å²) in [6.07, 6.45) is 2.16. The van der Waals surface area contributed by atoms with E-state index in [-0.39, 0.29) is 0 Å². The van der Waals surface area contributed by atoms with Gasteiger partial charge in [0.2, 0.25) is 0 Å². The molecular weight excluding hydrogens is 460 g/mol. The van der Waals surface area contributed by atoms with Gasteiger partial charge in [-0.2, -0.15) is 0 Å². The Bertz CT molecular complexity index is 1210. The third-order valence-corrected chi connectivity index (χ3v) is 6.25. The Morgan fingerprint density at radius 1 is 0.844 bits per heavy atom. The van der Waals surface area contributed by atoms with Gasteiger partial charge in [-0.05, 0) is 47.2 Å². The number of benzene rings is 3. The quantitative estimate of drug-likeness (QED) is 0.273. The summed E-state index contributed by atoms with van der Waals surface area (Å²) >= 11 is 3.60. The SMILES string of the molecule is COc1ccccc1-c1nc(-c2cccc(Br)c2)cn1-c1c(C(C)C)cccc1C(C)C. The van der Waals surface area contributed by atoms with E-state index in [0.717, 1.165) is 32.9 Å². The molecule has 1 aromatic heterocycles. The average molecular weight is 489 g/mol. The smallest absolute Gasteiger partial charge is 0.149 e. The predicted octanol–water partition coefficient (Wildman–Crippen LogP) is 8.22. The molecule has 0 aliphatic carbocycles. The monoisotopic (exact) mass is 488 g/mol. The fourth-order valence-corrected chi connectivity index (χ4v) is 4.55. The molecule has 3 nitrogen and oxygen atoms in total. The number of hydrogen-bond acceptors (Lipinski definition) is 2. The fraction of sp³-hybridized carbons (Fsp3) is 0.250. The van der Waals surface area contributed by atoms with Crippen LogP contribution in [0.4, 0.5) is 0 Å². The highest BCUT2D eigenvalue weighted by Gasteiger charge is 2.22. The van der Waals surface area contributed by atoms with Gasteiger partial charge in [0.1, 0.15) is 11.6 Å². The van der Waals surface area contributed by atoms with Crippen LogP contribution in [0.15, 0.2) is 77.4 Å². The fourth-order valence-electron chi connectivity index (χ4n) is 4.15. The highest BCUT2D eigenvalue weighted by molar-refractivity contribution is 9.10. The van der Waals surface area contributed by atoms with Crippen LogP contribution in [-0.2, 0) is 0 Å². The van der Waals surface area contributed by atoms with E-state index < -0.39 is 0 Å². The number of imidazole rings is 1. The van der Waals surface area contributed by atoms with E-state index in [1.807, 2.05) is 30.3 Å². The molecule has 3 aromatic carbocycles. The van der Waals surface area contributed by atoms with E-state index in [2.05, 4.69) is 90.8 Å². The lowest BCUT2D eigenvalue weighted by molar-refractivity contribution is 0.416. The molecule has 0 bridgehead atoms. The van der Waals surface area contributed by atoms with Crippen LogP contribution < -0.4 is 4.74 Å². The van der Waals surface area contributed by atoms with Crippen LogP contribution in [-0.4, -0.2) is 16.7 Å². The number of methoxy groups -OCH3 is 1. The molecule has 0 fully saturated rings. The number of rotatable bonds is 6. The number of halogens is 1. The highest BCUT2D eigenvalue weighted by atomic mass is 79.9. The van der Waals surface area contributed by atoms with E-state index >= 15 is 0 Å². The van der Waals surface area contributed by atoms with E-state index in [0.29, 0.717) is 11.8 Å². The van der Waals surface area contributed by atoms with Crippen LogP contribution in [0.25, 0.3) is 28.3 Å². The van der Waals surface area contributed by atoms with Crippen molar-refractivity contribution < 1.29 is 4.74 Å². The molecule has 0 spiro atoms. The van der Waals surface area contributed by atoms with E-state index in [4.69, 9.17) is 9.72 Å². The van der Waals surface area contributed by atoms with Gasteiger partial charge in [-0.15, -0.1) is 0 Å². The Hall–Kier alpha value is -2.85. The van der Waals surface area contributed by atoms with Crippen LogP contribution >= 0.6 is 15.9 Å². The summed E-state index contributed by atoms with van der Waals surface area (Å²) in [6, 6.07) is 23.0. The summed E-state index contributed by atoms with van der Waals surface area (Å²) in [6.45, 7) is 8.99. The molecule has 4 rings (SSSR count). The summed E-state index contributed by atoms with van der Waals surface area (Å²) in [7, 11) is 1.71. The van der Waals surface area contributed by atoms with Crippen molar-refractivity contribution in [2.45, 2.75) is 39.5 Å². The molecule has 0 radical (unpaired) electrons.